The summed E-state index contributed by atoms with van der Waals surface area (Å²) in [6.45, 7) is 6.47. The number of aromatic nitrogens is 12. The fraction of sp³-hybridized carbons (Fsp3) is 0.320. The molecule has 0 saturated carbocycles. The molecule has 2 aromatic carbocycles. The van der Waals surface area contributed by atoms with Gasteiger partial charge in [-0.25, -0.2) is 55.5 Å². The minimum atomic E-state index is -3.85. The van der Waals surface area contributed by atoms with Gasteiger partial charge in [0.05, 0.1) is 77.9 Å². The van der Waals surface area contributed by atoms with Crippen LogP contribution in [0.15, 0.2) is 97.6 Å². The third kappa shape index (κ3) is 12.0. The number of benzene rings is 2. The molecule has 0 fully saturated rings. The maximum atomic E-state index is 13.6. The van der Waals surface area contributed by atoms with E-state index >= 15 is 0 Å². The van der Waals surface area contributed by atoms with Crippen LogP contribution >= 0.6 is 0 Å². The van der Waals surface area contributed by atoms with Gasteiger partial charge in [0.2, 0.25) is 11.8 Å². The minimum Gasteiger partial charge on any atom is -0.494 e. The Morgan fingerprint density at radius 3 is 1.08 bits per heavy atom. The van der Waals surface area contributed by atoms with Gasteiger partial charge < -0.3 is 28.4 Å². The lowest BCUT2D eigenvalue weighted by atomic mass is 10.1. The molecule has 4 atom stereocenters. The monoisotopic (exact) mass is 1080 g/mol. The quantitative estimate of drug-likeness (QED) is 0.0761. The first-order valence-electron chi connectivity index (χ1n) is 23.1. The van der Waals surface area contributed by atoms with Crippen molar-refractivity contribution in [3.63, 3.8) is 0 Å². The summed E-state index contributed by atoms with van der Waals surface area (Å²) in [6, 6.07) is 20.6. The van der Waals surface area contributed by atoms with E-state index in [-0.39, 0.29) is 34.9 Å². The molecule has 0 saturated heterocycles. The second kappa shape index (κ2) is 24.0. The zero-order chi connectivity index (χ0) is 54.9. The number of methoxy groups -OCH3 is 6. The van der Waals surface area contributed by atoms with Gasteiger partial charge in [0.25, 0.3) is 0 Å². The summed E-state index contributed by atoms with van der Waals surface area (Å²) in [7, 11) is 1.27. The summed E-state index contributed by atoms with van der Waals surface area (Å²) in [4.78, 5) is 24.7. The maximum Gasteiger partial charge on any atom is 0.213 e. The lowest BCUT2D eigenvalue weighted by molar-refractivity contribution is 0.390. The molecule has 8 aromatic rings. The van der Waals surface area contributed by atoms with E-state index in [9.17, 15) is 25.6 Å². The molecular formula is C50H54F2N12O10S2. The average molecular weight is 1090 g/mol. The number of halogens is 2. The van der Waals surface area contributed by atoms with Crippen molar-refractivity contribution in [2.24, 2.45) is 0 Å². The molecule has 400 valence electrons. The molecule has 26 heteroatoms. The van der Waals surface area contributed by atoms with Gasteiger partial charge in [-0.05, 0) is 50.2 Å². The molecule has 22 nitrogen and oxygen atoms in total. The van der Waals surface area contributed by atoms with Crippen LogP contribution in [0.3, 0.4) is 0 Å². The first-order chi connectivity index (χ1) is 36.4. The number of hydrogen-bond donors (Lipinski definition) is 0. The zero-order valence-corrected chi connectivity index (χ0v) is 44.6. The number of rotatable bonds is 20. The lowest BCUT2D eigenvalue weighted by Gasteiger charge is -2.20. The highest BCUT2D eigenvalue weighted by atomic mass is 32.2. The largest absolute Gasteiger partial charge is 0.494 e. The van der Waals surface area contributed by atoms with E-state index in [1.54, 1.807) is 110 Å². The Kier molecular flexibility index (Phi) is 17.5. The number of sulfone groups is 2. The van der Waals surface area contributed by atoms with Crippen molar-refractivity contribution in [1.29, 1.82) is 0 Å². The fourth-order valence-corrected chi connectivity index (χ4v) is 10.9. The van der Waals surface area contributed by atoms with E-state index in [2.05, 4.69) is 50.3 Å². The Bertz CT molecular complexity index is 3240. The van der Waals surface area contributed by atoms with Crippen molar-refractivity contribution in [1.82, 2.24) is 59.4 Å². The van der Waals surface area contributed by atoms with Gasteiger partial charge in [0, 0.05) is 24.0 Å². The second-order valence-corrected chi connectivity index (χ2v) is 21.5. The molecule has 76 heavy (non-hydrogen) atoms. The predicted octanol–water partition coefficient (Wildman–Crippen LogP) is 6.78. The van der Waals surface area contributed by atoms with E-state index in [0.29, 0.717) is 57.5 Å². The number of para-hydroxylation sites is 2. The predicted molar refractivity (Wildman–Crippen MR) is 273 cm³/mol. The van der Waals surface area contributed by atoms with E-state index in [1.807, 2.05) is 0 Å². The van der Waals surface area contributed by atoms with Gasteiger partial charge >= 0.3 is 0 Å². The number of pyridine rings is 2. The lowest BCUT2D eigenvalue weighted by Crippen LogP contribution is -2.27. The third-order valence-electron chi connectivity index (χ3n) is 12.3. The third-order valence-corrected chi connectivity index (χ3v) is 16.7. The van der Waals surface area contributed by atoms with E-state index in [0.717, 1.165) is 24.8 Å². The van der Waals surface area contributed by atoms with Crippen molar-refractivity contribution < 1.29 is 54.0 Å². The van der Waals surface area contributed by atoms with Gasteiger partial charge in [-0.1, -0.05) is 38.1 Å². The Morgan fingerprint density at radius 1 is 0.461 bits per heavy atom. The van der Waals surface area contributed by atoms with Crippen molar-refractivity contribution in [3.8, 4) is 69.2 Å². The van der Waals surface area contributed by atoms with Crippen molar-refractivity contribution in [2.75, 3.05) is 42.7 Å². The van der Waals surface area contributed by atoms with Gasteiger partial charge in [0.1, 0.15) is 68.9 Å². The highest BCUT2D eigenvalue weighted by molar-refractivity contribution is 7.91. The van der Waals surface area contributed by atoms with Crippen LogP contribution in [0.2, 0.25) is 0 Å². The summed E-state index contributed by atoms with van der Waals surface area (Å²) in [5.74, 6) is 0.153. The van der Waals surface area contributed by atoms with Crippen LogP contribution in [0.5, 0.6) is 34.8 Å². The standard InChI is InChI=1S/2C25H27FN6O5S/c2*1-15(24-27-12-17(26)13-28-24)16(2)38(33,34)14-21-30-31-25(18-8-6-11-22(29-18)37-5)32(21)23-19(35-3)9-7-10-20(23)36-4/h2*6-13,15-16H,14H2,1-5H3/t2*15-,16-/m10/s1. The summed E-state index contributed by atoms with van der Waals surface area (Å²) in [5, 5.41) is 15.3. The van der Waals surface area contributed by atoms with Crippen molar-refractivity contribution >= 4 is 19.7 Å². The Balaban J connectivity index is 0.000000221. The number of nitrogens with zero attached hydrogens (tertiary/aromatic N) is 12. The van der Waals surface area contributed by atoms with Crippen molar-refractivity contribution in [3.05, 3.63) is 133 Å². The molecule has 0 aliphatic rings. The minimum absolute atomic E-state index is 0.117. The maximum absolute atomic E-state index is 13.6. The van der Waals surface area contributed by atoms with Gasteiger partial charge in [0.15, 0.2) is 54.6 Å². The van der Waals surface area contributed by atoms with Crippen LogP contribution in [0.4, 0.5) is 8.78 Å². The normalized spacial score (nSPS) is 13.1. The number of ether oxygens (including phenoxy) is 6. The number of hydrogen-bond acceptors (Lipinski definition) is 20. The highest BCUT2D eigenvalue weighted by Crippen LogP contribution is 2.39. The van der Waals surface area contributed by atoms with E-state index in [4.69, 9.17) is 28.4 Å². The van der Waals surface area contributed by atoms with Gasteiger partial charge in [-0.15, -0.1) is 20.4 Å². The molecule has 0 aliphatic heterocycles. The SMILES string of the molecule is COc1cccc(-c2nnc(CS(=O)(=O)[C@@H](C)[C@H](C)c3ncc(F)cn3)n2-c2c(OC)cccc2OC)n1.COc1cccc(-c2nnc(CS(=O)(=O)[C@H](C)[C@@H](C)c3ncc(F)cn3)n2-c2c(OC)cccc2OC)n1. The molecule has 0 bridgehead atoms. The van der Waals surface area contributed by atoms with Crippen LogP contribution in [-0.2, 0) is 31.2 Å². The van der Waals surface area contributed by atoms with Gasteiger partial charge in [-0.3, -0.25) is 9.13 Å². The van der Waals surface area contributed by atoms with Crippen LogP contribution in [0, 0.1) is 11.6 Å². The molecule has 6 heterocycles. The van der Waals surface area contributed by atoms with Crippen molar-refractivity contribution in [2.45, 2.75) is 61.5 Å². The Hall–Kier alpha value is -8.26. The first-order valence-corrected chi connectivity index (χ1v) is 26.5. The Morgan fingerprint density at radius 2 is 0.776 bits per heavy atom. The Labute approximate surface area is 437 Å². The zero-order valence-electron chi connectivity index (χ0n) is 43.0. The van der Waals surface area contributed by atoms with Crippen LogP contribution < -0.4 is 28.4 Å². The van der Waals surface area contributed by atoms with Crippen LogP contribution in [0.25, 0.3) is 34.4 Å². The van der Waals surface area contributed by atoms with E-state index in [1.165, 1.54) is 42.7 Å². The van der Waals surface area contributed by atoms with Crippen LogP contribution in [0.1, 0.15) is 62.8 Å². The summed E-state index contributed by atoms with van der Waals surface area (Å²) >= 11 is 0. The second-order valence-electron chi connectivity index (χ2n) is 16.8. The molecule has 8 rings (SSSR count). The molecule has 0 aliphatic carbocycles. The topological polar surface area (TPSA) is 262 Å². The molecular weight excluding hydrogens is 1030 g/mol. The first kappa shape index (κ1) is 55.5. The van der Waals surface area contributed by atoms with E-state index < -0.39 is 65.2 Å². The molecule has 0 unspecified atom stereocenters. The van der Waals surface area contributed by atoms with Crippen LogP contribution in [-0.4, -0.2) is 129 Å². The molecule has 0 N–H and O–H groups in total. The summed E-state index contributed by atoms with van der Waals surface area (Å²) in [6.07, 6.45) is 4.04. The molecule has 0 radical (unpaired) electrons. The average Bonchev–Trinajstić information content (AvgIpc) is 4.07. The molecule has 0 amide bonds. The summed E-state index contributed by atoms with van der Waals surface area (Å²) in [5.41, 5.74) is 1.62. The smallest absolute Gasteiger partial charge is 0.213 e. The highest BCUT2D eigenvalue weighted by Gasteiger charge is 2.35. The fourth-order valence-electron chi connectivity index (χ4n) is 7.81. The molecule has 0 spiro atoms. The molecule has 6 aromatic heterocycles. The summed E-state index contributed by atoms with van der Waals surface area (Å²) < 4.78 is 117. The van der Waals surface area contributed by atoms with Gasteiger partial charge in [-0.2, -0.15) is 0 Å².